The molecule has 0 unspecified atom stereocenters. The van der Waals surface area contributed by atoms with Crippen LogP contribution in [-0.4, -0.2) is 40.1 Å². The number of nitrogens with one attached hydrogen (secondary N) is 2. The molecule has 0 saturated carbocycles. The van der Waals surface area contributed by atoms with E-state index in [0.717, 1.165) is 11.1 Å². The minimum atomic E-state index is -0.389. The first-order valence-electron chi connectivity index (χ1n) is 10.9. The first-order valence-corrected chi connectivity index (χ1v) is 10.9. The largest absolute Gasteiger partial charge is 0.385 e. The van der Waals surface area contributed by atoms with Gasteiger partial charge in [0, 0.05) is 33.0 Å². The van der Waals surface area contributed by atoms with Gasteiger partial charge in [0.25, 0.3) is 11.5 Å². The van der Waals surface area contributed by atoms with Gasteiger partial charge in [-0.1, -0.05) is 36.4 Å². The molecule has 0 atom stereocenters. The summed E-state index contributed by atoms with van der Waals surface area (Å²) in [5.74, 6) is -0.389. The maximum Gasteiger partial charge on any atom is 0.267 e. The van der Waals surface area contributed by atoms with E-state index in [2.05, 4.69) is 5.32 Å². The van der Waals surface area contributed by atoms with E-state index in [-0.39, 0.29) is 22.5 Å². The Balaban J connectivity index is 1.86. The molecule has 1 aromatic carbocycles. The lowest BCUT2D eigenvalue weighted by Gasteiger charge is -2.15. The van der Waals surface area contributed by atoms with E-state index in [1.807, 2.05) is 43.3 Å². The van der Waals surface area contributed by atoms with Crippen molar-refractivity contribution in [2.75, 3.05) is 20.3 Å². The van der Waals surface area contributed by atoms with Crippen LogP contribution in [0.3, 0.4) is 0 Å². The number of rotatable bonds is 8. The molecule has 0 aliphatic carbocycles. The second-order valence-electron chi connectivity index (χ2n) is 7.94. The average Bonchev–Trinajstić information content (AvgIpc) is 2.82. The number of hydrogen-bond acceptors (Lipinski definition) is 5. The van der Waals surface area contributed by atoms with Crippen molar-refractivity contribution in [3.8, 4) is 0 Å². The highest BCUT2D eigenvalue weighted by molar-refractivity contribution is 5.96. The van der Waals surface area contributed by atoms with Gasteiger partial charge in [-0.3, -0.25) is 19.4 Å². The van der Waals surface area contributed by atoms with Gasteiger partial charge in [-0.2, -0.15) is 0 Å². The normalized spacial score (nSPS) is 11.2. The summed E-state index contributed by atoms with van der Waals surface area (Å²) in [5.41, 5.74) is 2.83. The average molecular weight is 446 g/mol. The van der Waals surface area contributed by atoms with Gasteiger partial charge in [0.1, 0.15) is 16.8 Å². The van der Waals surface area contributed by atoms with E-state index in [1.165, 1.54) is 10.5 Å². The molecule has 8 nitrogen and oxygen atoms in total. The summed E-state index contributed by atoms with van der Waals surface area (Å²) in [6, 6.07) is 15.1. The Bertz CT molecular complexity index is 1420. The zero-order valence-electron chi connectivity index (χ0n) is 18.8. The SMILES string of the molecule is COCCCNC(=O)c1cc2c(=O)n3cccc(C)c3nc2n(CCc2ccccc2)c1=N. The van der Waals surface area contributed by atoms with Crippen LogP contribution in [0.25, 0.3) is 16.7 Å². The highest BCUT2D eigenvalue weighted by atomic mass is 16.5. The predicted molar refractivity (Wildman–Crippen MR) is 127 cm³/mol. The zero-order chi connectivity index (χ0) is 23.4. The maximum absolute atomic E-state index is 13.4. The Labute approximate surface area is 191 Å². The number of ether oxygens (including phenoxy) is 1. The van der Waals surface area contributed by atoms with Gasteiger partial charge in [0.2, 0.25) is 0 Å². The number of carbonyl (C=O) groups is 1. The highest BCUT2D eigenvalue weighted by Crippen LogP contribution is 2.13. The Hall–Kier alpha value is -3.78. The molecule has 0 saturated heterocycles. The third-order valence-electron chi connectivity index (χ3n) is 5.66. The van der Waals surface area contributed by atoms with Gasteiger partial charge in [-0.15, -0.1) is 0 Å². The van der Waals surface area contributed by atoms with E-state index in [1.54, 1.807) is 23.9 Å². The lowest BCUT2D eigenvalue weighted by atomic mass is 10.1. The first-order chi connectivity index (χ1) is 16.0. The molecule has 8 heteroatoms. The smallest absolute Gasteiger partial charge is 0.267 e. The second kappa shape index (κ2) is 9.79. The van der Waals surface area contributed by atoms with Gasteiger partial charge in [0.05, 0.1) is 10.9 Å². The van der Waals surface area contributed by atoms with E-state index in [0.29, 0.717) is 49.2 Å². The van der Waals surface area contributed by atoms with Crippen molar-refractivity contribution in [1.29, 1.82) is 5.41 Å². The standard InChI is InChI=1S/C25H27N5O3/c1-17-8-6-13-30-22(17)28-23-20(25(30)32)16-19(24(31)27-12-7-15-33-2)21(26)29(23)14-11-18-9-4-3-5-10-18/h3-6,8-10,13,16,26H,7,11-12,14-15H2,1-2H3,(H,27,31). The number of carbonyl (C=O) groups excluding carboxylic acids is 1. The molecule has 0 aliphatic rings. The minimum Gasteiger partial charge on any atom is -0.385 e. The summed E-state index contributed by atoms with van der Waals surface area (Å²) < 4.78 is 8.18. The first kappa shape index (κ1) is 22.4. The van der Waals surface area contributed by atoms with E-state index in [9.17, 15) is 9.59 Å². The van der Waals surface area contributed by atoms with Crippen LogP contribution in [0, 0.1) is 12.3 Å². The molecular weight excluding hydrogens is 418 g/mol. The van der Waals surface area contributed by atoms with Crippen molar-refractivity contribution < 1.29 is 9.53 Å². The Kier molecular flexibility index (Phi) is 6.65. The van der Waals surface area contributed by atoms with Crippen molar-refractivity contribution in [3.05, 3.63) is 87.3 Å². The lowest BCUT2D eigenvalue weighted by Crippen LogP contribution is -2.35. The number of aromatic nitrogens is 3. The van der Waals surface area contributed by atoms with Gasteiger partial charge >= 0.3 is 0 Å². The quantitative estimate of drug-likeness (QED) is 0.321. The summed E-state index contributed by atoms with van der Waals surface area (Å²) >= 11 is 0. The topological polar surface area (TPSA) is 101 Å². The summed E-state index contributed by atoms with van der Waals surface area (Å²) in [6.45, 7) is 3.26. The molecule has 1 amide bonds. The van der Waals surface area contributed by atoms with Gasteiger partial charge in [-0.05, 0) is 43.0 Å². The Morgan fingerprint density at radius 1 is 1.15 bits per heavy atom. The van der Waals surface area contributed by atoms with Crippen LogP contribution in [0.2, 0.25) is 0 Å². The number of benzene rings is 1. The van der Waals surface area contributed by atoms with Gasteiger partial charge in [0.15, 0.2) is 0 Å². The number of aryl methyl sites for hydroxylation is 3. The van der Waals surface area contributed by atoms with Crippen molar-refractivity contribution in [1.82, 2.24) is 19.3 Å². The number of nitrogens with zero attached hydrogens (tertiary/aromatic N) is 3. The fourth-order valence-electron chi connectivity index (χ4n) is 3.89. The van der Waals surface area contributed by atoms with Crippen LogP contribution in [-0.2, 0) is 17.7 Å². The number of fused-ring (bicyclic) bond motifs is 2. The molecule has 0 aliphatic heterocycles. The van der Waals surface area contributed by atoms with Crippen LogP contribution in [0.15, 0.2) is 59.5 Å². The summed E-state index contributed by atoms with van der Waals surface area (Å²) in [5, 5.41) is 11.9. The second-order valence-corrected chi connectivity index (χ2v) is 7.94. The third kappa shape index (κ3) is 4.56. The van der Waals surface area contributed by atoms with E-state index in [4.69, 9.17) is 15.1 Å². The summed E-state index contributed by atoms with van der Waals surface area (Å²) in [4.78, 5) is 31.0. The van der Waals surface area contributed by atoms with Crippen LogP contribution in [0.4, 0.5) is 0 Å². The Morgan fingerprint density at radius 2 is 1.94 bits per heavy atom. The molecule has 3 aromatic heterocycles. The molecule has 33 heavy (non-hydrogen) atoms. The van der Waals surface area contributed by atoms with Gasteiger partial charge in [-0.25, -0.2) is 4.98 Å². The molecule has 0 radical (unpaired) electrons. The summed E-state index contributed by atoms with van der Waals surface area (Å²) in [7, 11) is 1.61. The highest BCUT2D eigenvalue weighted by Gasteiger charge is 2.18. The van der Waals surface area contributed by atoms with E-state index >= 15 is 0 Å². The molecule has 0 bridgehead atoms. The molecule has 0 spiro atoms. The molecular formula is C25H27N5O3. The molecule has 2 N–H and O–H groups in total. The van der Waals surface area contributed by atoms with Crippen molar-refractivity contribution in [2.45, 2.75) is 26.3 Å². The van der Waals surface area contributed by atoms with Gasteiger partial charge < -0.3 is 14.6 Å². The number of methoxy groups -OCH3 is 1. The van der Waals surface area contributed by atoms with Crippen molar-refractivity contribution in [2.24, 2.45) is 0 Å². The third-order valence-corrected chi connectivity index (χ3v) is 5.66. The van der Waals surface area contributed by atoms with Crippen LogP contribution < -0.4 is 16.4 Å². The molecule has 3 heterocycles. The number of pyridine rings is 2. The van der Waals surface area contributed by atoms with Crippen molar-refractivity contribution in [3.63, 3.8) is 0 Å². The molecule has 4 aromatic rings. The Morgan fingerprint density at radius 3 is 2.70 bits per heavy atom. The zero-order valence-corrected chi connectivity index (χ0v) is 18.8. The molecule has 0 fully saturated rings. The molecule has 4 rings (SSSR count). The monoisotopic (exact) mass is 445 g/mol. The van der Waals surface area contributed by atoms with Crippen LogP contribution in [0.1, 0.15) is 27.9 Å². The van der Waals surface area contributed by atoms with E-state index < -0.39 is 0 Å². The fourth-order valence-corrected chi connectivity index (χ4v) is 3.89. The summed E-state index contributed by atoms with van der Waals surface area (Å²) in [6.07, 6.45) is 2.97. The van der Waals surface area contributed by atoms with Crippen LogP contribution in [0.5, 0.6) is 0 Å². The predicted octanol–water partition coefficient (Wildman–Crippen LogP) is 2.45. The maximum atomic E-state index is 13.4. The lowest BCUT2D eigenvalue weighted by molar-refractivity contribution is 0.0946. The van der Waals surface area contributed by atoms with Crippen molar-refractivity contribution >= 4 is 22.6 Å². The number of amides is 1. The molecule has 170 valence electrons. The number of hydrogen-bond donors (Lipinski definition) is 2. The van der Waals surface area contributed by atoms with Crippen LogP contribution >= 0.6 is 0 Å². The minimum absolute atomic E-state index is 0.0347. The fraction of sp³-hybridized carbons (Fsp3) is 0.280.